The number of para-hydroxylation sites is 2. The number of nitrogens with one attached hydrogen (secondary N) is 1. The molecule has 1 atom stereocenters. The van der Waals surface area contributed by atoms with Crippen LogP contribution in [0.1, 0.15) is 23.3 Å². The molecule has 138 valence electrons. The average Bonchev–Trinajstić information content (AvgIpc) is 3.21. The molecule has 0 amide bonds. The van der Waals surface area contributed by atoms with Crippen molar-refractivity contribution in [1.29, 1.82) is 0 Å². The minimum atomic E-state index is -0.576. The molecule has 1 aliphatic heterocycles. The molecule has 2 heterocycles. The number of nitrogens with zero attached hydrogens (tertiary/aromatic N) is 2. The molecule has 6 nitrogen and oxygen atoms in total. The van der Waals surface area contributed by atoms with E-state index in [1.807, 2.05) is 12.1 Å². The Kier molecular flexibility index (Phi) is 4.93. The maximum atomic E-state index is 13.1. The molecule has 0 saturated carbocycles. The third-order valence-electron chi connectivity index (χ3n) is 4.30. The van der Waals surface area contributed by atoms with Crippen molar-refractivity contribution in [2.45, 2.75) is 18.9 Å². The Hall–Kier alpha value is -3.06. The van der Waals surface area contributed by atoms with Crippen molar-refractivity contribution in [1.82, 2.24) is 9.97 Å². The van der Waals surface area contributed by atoms with Gasteiger partial charge >= 0.3 is 5.97 Å². The van der Waals surface area contributed by atoms with Crippen LogP contribution in [0.15, 0.2) is 48.5 Å². The zero-order valence-electron chi connectivity index (χ0n) is 14.5. The first kappa shape index (κ1) is 17.4. The highest BCUT2D eigenvalue weighted by atomic mass is 19.1. The van der Waals surface area contributed by atoms with Crippen molar-refractivity contribution in [3.63, 3.8) is 0 Å². The SMILES string of the molecule is O=C(OCC1CCCO1)c1nc2ccccc2nc1Nc1ccc(F)cc1. The van der Waals surface area contributed by atoms with Crippen molar-refractivity contribution in [3.8, 4) is 0 Å². The molecule has 1 N–H and O–H groups in total. The summed E-state index contributed by atoms with van der Waals surface area (Å²) in [7, 11) is 0. The summed E-state index contributed by atoms with van der Waals surface area (Å²) in [4.78, 5) is 21.5. The molecule has 0 radical (unpaired) electrons. The molecule has 7 heteroatoms. The summed E-state index contributed by atoms with van der Waals surface area (Å²) in [6.07, 6.45) is 1.77. The number of hydrogen-bond donors (Lipinski definition) is 1. The highest BCUT2D eigenvalue weighted by molar-refractivity contribution is 5.96. The average molecular weight is 367 g/mol. The predicted molar refractivity (Wildman–Crippen MR) is 98.5 cm³/mol. The number of esters is 1. The van der Waals surface area contributed by atoms with Gasteiger partial charge in [-0.05, 0) is 49.2 Å². The Labute approximate surface area is 155 Å². The topological polar surface area (TPSA) is 73.3 Å². The Morgan fingerprint density at radius 2 is 1.89 bits per heavy atom. The second-order valence-corrected chi connectivity index (χ2v) is 6.27. The Bertz CT molecular complexity index is 956. The summed E-state index contributed by atoms with van der Waals surface area (Å²) in [5.41, 5.74) is 1.90. The number of halogens is 1. The minimum absolute atomic E-state index is 0.0733. The molecule has 3 aromatic rings. The molecule has 4 rings (SSSR count). The molecule has 1 aliphatic rings. The molecule has 1 unspecified atom stereocenters. The van der Waals surface area contributed by atoms with E-state index in [-0.39, 0.29) is 30.0 Å². The number of hydrogen-bond acceptors (Lipinski definition) is 6. The van der Waals surface area contributed by atoms with Gasteiger partial charge in [-0.2, -0.15) is 0 Å². The lowest BCUT2D eigenvalue weighted by Crippen LogP contribution is -2.19. The first-order valence-corrected chi connectivity index (χ1v) is 8.77. The van der Waals surface area contributed by atoms with E-state index in [1.54, 1.807) is 24.3 Å². The molecule has 0 spiro atoms. The molecule has 1 aromatic heterocycles. The lowest BCUT2D eigenvalue weighted by Gasteiger charge is -2.13. The van der Waals surface area contributed by atoms with Gasteiger partial charge in [0.2, 0.25) is 0 Å². The Balaban J connectivity index is 1.63. The summed E-state index contributed by atoms with van der Waals surface area (Å²) in [6, 6.07) is 13.0. The van der Waals surface area contributed by atoms with Gasteiger partial charge in [-0.1, -0.05) is 12.1 Å². The molecule has 0 aliphatic carbocycles. The molecule has 2 aromatic carbocycles. The number of carbonyl (C=O) groups excluding carboxylic acids is 1. The highest BCUT2D eigenvalue weighted by Crippen LogP contribution is 2.22. The van der Waals surface area contributed by atoms with Crippen LogP contribution >= 0.6 is 0 Å². The van der Waals surface area contributed by atoms with Crippen LogP contribution in [0.2, 0.25) is 0 Å². The van der Waals surface area contributed by atoms with E-state index in [2.05, 4.69) is 15.3 Å². The van der Waals surface area contributed by atoms with E-state index in [4.69, 9.17) is 9.47 Å². The minimum Gasteiger partial charge on any atom is -0.458 e. The van der Waals surface area contributed by atoms with Gasteiger partial charge < -0.3 is 14.8 Å². The van der Waals surface area contributed by atoms with Gasteiger partial charge in [-0.25, -0.2) is 19.2 Å². The fraction of sp³-hybridized carbons (Fsp3) is 0.250. The summed E-state index contributed by atoms with van der Waals surface area (Å²) >= 11 is 0. The van der Waals surface area contributed by atoms with E-state index in [0.29, 0.717) is 23.3 Å². The van der Waals surface area contributed by atoms with Crippen molar-refractivity contribution in [2.75, 3.05) is 18.5 Å². The van der Waals surface area contributed by atoms with Crippen molar-refractivity contribution in [3.05, 3.63) is 60.0 Å². The van der Waals surface area contributed by atoms with E-state index in [1.165, 1.54) is 12.1 Å². The largest absolute Gasteiger partial charge is 0.458 e. The first-order valence-electron chi connectivity index (χ1n) is 8.77. The molecule has 27 heavy (non-hydrogen) atoms. The normalized spacial score (nSPS) is 16.4. The van der Waals surface area contributed by atoms with Gasteiger partial charge in [-0.3, -0.25) is 0 Å². The van der Waals surface area contributed by atoms with Crippen molar-refractivity contribution in [2.24, 2.45) is 0 Å². The number of rotatable bonds is 5. The summed E-state index contributed by atoms with van der Waals surface area (Å²) in [5, 5.41) is 3.03. The fourth-order valence-electron chi connectivity index (χ4n) is 2.91. The predicted octanol–water partition coefficient (Wildman–Crippen LogP) is 3.85. The molecular weight excluding hydrogens is 349 g/mol. The number of ether oxygens (including phenoxy) is 2. The van der Waals surface area contributed by atoms with Gasteiger partial charge in [-0.15, -0.1) is 0 Å². The molecule has 1 saturated heterocycles. The van der Waals surface area contributed by atoms with Crippen LogP contribution in [-0.4, -0.2) is 35.3 Å². The quantitative estimate of drug-likeness (QED) is 0.691. The second kappa shape index (κ2) is 7.67. The maximum Gasteiger partial charge on any atom is 0.360 e. The van der Waals surface area contributed by atoms with Gasteiger partial charge in [0, 0.05) is 12.3 Å². The zero-order chi connectivity index (χ0) is 18.6. The fourth-order valence-corrected chi connectivity index (χ4v) is 2.91. The van der Waals surface area contributed by atoms with Crippen molar-refractivity contribution < 1.29 is 18.7 Å². The zero-order valence-corrected chi connectivity index (χ0v) is 14.5. The van der Waals surface area contributed by atoms with E-state index in [0.717, 1.165) is 12.8 Å². The number of aromatic nitrogens is 2. The monoisotopic (exact) mass is 367 g/mol. The number of anilines is 2. The van der Waals surface area contributed by atoms with Gasteiger partial charge in [0.25, 0.3) is 0 Å². The molecule has 1 fully saturated rings. The number of fused-ring (bicyclic) bond motifs is 1. The maximum absolute atomic E-state index is 13.1. The van der Waals surface area contributed by atoms with Crippen LogP contribution in [0.3, 0.4) is 0 Å². The van der Waals surface area contributed by atoms with Crippen LogP contribution in [0.4, 0.5) is 15.9 Å². The van der Waals surface area contributed by atoms with Crippen LogP contribution in [0.25, 0.3) is 11.0 Å². The summed E-state index contributed by atoms with van der Waals surface area (Å²) < 4.78 is 24.0. The van der Waals surface area contributed by atoms with E-state index >= 15 is 0 Å². The Morgan fingerprint density at radius 1 is 1.15 bits per heavy atom. The standard InChI is InChI=1S/C20H18FN3O3/c21-13-7-9-14(10-8-13)22-19-18(20(25)27-12-15-4-3-11-26-15)23-16-5-1-2-6-17(16)24-19/h1-2,5-10,15H,3-4,11-12H2,(H,22,24). The van der Waals surface area contributed by atoms with Gasteiger partial charge in [0.05, 0.1) is 17.1 Å². The van der Waals surface area contributed by atoms with Crippen LogP contribution in [-0.2, 0) is 9.47 Å². The summed E-state index contributed by atoms with van der Waals surface area (Å²) in [6.45, 7) is 0.874. The number of benzene rings is 2. The van der Waals surface area contributed by atoms with Crippen LogP contribution in [0, 0.1) is 5.82 Å². The second-order valence-electron chi connectivity index (χ2n) is 6.27. The van der Waals surface area contributed by atoms with Crippen molar-refractivity contribution >= 4 is 28.5 Å². The van der Waals surface area contributed by atoms with Crippen LogP contribution < -0.4 is 5.32 Å². The first-order chi connectivity index (χ1) is 13.2. The summed E-state index contributed by atoms with van der Waals surface area (Å²) in [5.74, 6) is -0.660. The lowest BCUT2D eigenvalue weighted by atomic mass is 10.2. The van der Waals surface area contributed by atoms with Gasteiger partial charge in [0.15, 0.2) is 11.5 Å². The third-order valence-corrected chi connectivity index (χ3v) is 4.30. The Morgan fingerprint density at radius 3 is 2.59 bits per heavy atom. The van der Waals surface area contributed by atoms with Gasteiger partial charge in [0.1, 0.15) is 12.4 Å². The number of carbonyl (C=O) groups is 1. The highest BCUT2D eigenvalue weighted by Gasteiger charge is 2.22. The smallest absolute Gasteiger partial charge is 0.360 e. The molecule has 0 bridgehead atoms. The van der Waals surface area contributed by atoms with E-state index < -0.39 is 5.97 Å². The lowest BCUT2D eigenvalue weighted by molar-refractivity contribution is 0.0157. The molecular formula is C20H18FN3O3. The van der Waals surface area contributed by atoms with E-state index in [9.17, 15) is 9.18 Å². The van der Waals surface area contributed by atoms with Crippen LogP contribution in [0.5, 0.6) is 0 Å². The third kappa shape index (κ3) is 4.03.